The molecular formula is C31H38ClN5O5S. The number of carbonyl (C=O) groups is 1. The second-order valence-corrected chi connectivity index (χ2v) is 12.2. The van der Waals surface area contributed by atoms with Crippen LogP contribution in [0.2, 0.25) is 5.15 Å². The second kappa shape index (κ2) is 15.3. The van der Waals surface area contributed by atoms with E-state index in [0.717, 1.165) is 34.1 Å². The minimum atomic E-state index is -3.67. The highest BCUT2D eigenvalue weighted by molar-refractivity contribution is 7.89. The summed E-state index contributed by atoms with van der Waals surface area (Å²) >= 11 is 6.34. The van der Waals surface area contributed by atoms with E-state index in [1.807, 2.05) is 67.5 Å². The van der Waals surface area contributed by atoms with Crippen molar-refractivity contribution in [2.75, 3.05) is 69.1 Å². The van der Waals surface area contributed by atoms with Crippen molar-refractivity contribution in [2.45, 2.75) is 24.7 Å². The molecule has 10 nitrogen and oxygen atoms in total. The van der Waals surface area contributed by atoms with E-state index in [0.29, 0.717) is 50.5 Å². The van der Waals surface area contributed by atoms with Crippen LogP contribution in [0, 0.1) is 0 Å². The zero-order valence-corrected chi connectivity index (χ0v) is 26.2. The van der Waals surface area contributed by atoms with Gasteiger partial charge in [0.2, 0.25) is 15.9 Å². The highest BCUT2D eigenvalue weighted by Gasteiger charge is 2.18. The highest BCUT2D eigenvalue weighted by Crippen LogP contribution is 2.36. The Bertz CT molecular complexity index is 1670. The van der Waals surface area contributed by atoms with Crippen molar-refractivity contribution in [1.82, 2.24) is 9.71 Å². The number of halogens is 1. The minimum Gasteiger partial charge on any atom is -0.383 e. The zero-order valence-electron chi connectivity index (χ0n) is 24.7. The molecule has 0 fully saturated rings. The molecule has 4 rings (SSSR count). The topological polar surface area (TPSA) is 122 Å². The SMILES string of the molecule is CC(=O)Nc1c(Cl)nc2ccccc2c1NCCCOCCOCCCNS(=O)(=O)c1cccc2c(N(C)C)cccc12. The molecule has 3 N–H and O–H groups in total. The van der Waals surface area contributed by atoms with Gasteiger partial charge in [-0.15, -0.1) is 0 Å². The molecule has 1 amide bonds. The lowest BCUT2D eigenvalue weighted by Gasteiger charge is -2.17. The number of ether oxygens (including phenoxy) is 2. The van der Waals surface area contributed by atoms with Gasteiger partial charge in [0.05, 0.1) is 29.3 Å². The molecule has 0 radical (unpaired) electrons. The van der Waals surface area contributed by atoms with E-state index in [2.05, 4.69) is 20.3 Å². The molecule has 0 bridgehead atoms. The Hall–Kier alpha value is -3.48. The highest BCUT2D eigenvalue weighted by atomic mass is 35.5. The van der Waals surface area contributed by atoms with E-state index < -0.39 is 10.0 Å². The van der Waals surface area contributed by atoms with E-state index >= 15 is 0 Å². The summed E-state index contributed by atoms with van der Waals surface area (Å²) < 4.78 is 40.0. The molecule has 43 heavy (non-hydrogen) atoms. The second-order valence-electron chi connectivity index (χ2n) is 10.1. The van der Waals surface area contributed by atoms with Gasteiger partial charge in [-0.25, -0.2) is 18.1 Å². The Labute approximate surface area is 257 Å². The third-order valence-electron chi connectivity index (χ3n) is 6.68. The number of nitrogens with one attached hydrogen (secondary N) is 3. The van der Waals surface area contributed by atoms with Gasteiger partial charge in [0, 0.05) is 69.2 Å². The number of sulfonamides is 1. The standard InChI is InChI=1S/C31H38ClN5O5S/c1-22(38)35-30-29(25-10-4-5-13-26(25)36-31(30)32)33-16-8-18-41-20-21-42-19-9-17-34-43(39,40)28-15-7-11-23-24(28)12-6-14-27(23)37(2)3/h4-7,10-15,34H,8-9,16-21H2,1-3H3,(H,33,36)(H,35,38). The molecule has 0 unspecified atom stereocenters. The Kier molecular flexibility index (Phi) is 11.5. The van der Waals surface area contributed by atoms with Crippen LogP contribution in [-0.2, 0) is 24.3 Å². The Morgan fingerprint density at radius 2 is 1.49 bits per heavy atom. The predicted molar refractivity (Wildman–Crippen MR) is 174 cm³/mol. The third kappa shape index (κ3) is 8.55. The number of rotatable bonds is 16. The number of hydrogen-bond acceptors (Lipinski definition) is 8. The molecule has 0 atom stereocenters. The summed E-state index contributed by atoms with van der Waals surface area (Å²) in [6.07, 6.45) is 1.26. The van der Waals surface area contributed by atoms with Crippen molar-refractivity contribution in [3.05, 3.63) is 65.8 Å². The maximum Gasteiger partial charge on any atom is 0.241 e. The number of hydrogen-bond donors (Lipinski definition) is 3. The lowest BCUT2D eigenvalue weighted by molar-refractivity contribution is -0.114. The van der Waals surface area contributed by atoms with Crippen molar-refractivity contribution >= 4 is 66.3 Å². The van der Waals surface area contributed by atoms with Crippen molar-refractivity contribution in [3.8, 4) is 0 Å². The Balaban J connectivity index is 1.14. The first-order valence-corrected chi connectivity index (χ1v) is 16.0. The van der Waals surface area contributed by atoms with Gasteiger partial charge in [0.25, 0.3) is 0 Å². The van der Waals surface area contributed by atoms with Gasteiger partial charge < -0.3 is 25.0 Å². The van der Waals surface area contributed by atoms with Gasteiger partial charge in [-0.2, -0.15) is 0 Å². The summed E-state index contributed by atoms with van der Waals surface area (Å²) in [6.45, 7) is 4.07. The Morgan fingerprint density at radius 3 is 2.21 bits per heavy atom. The number of anilines is 3. The van der Waals surface area contributed by atoms with Crippen LogP contribution in [0.15, 0.2) is 65.6 Å². The minimum absolute atomic E-state index is 0.227. The molecule has 1 heterocycles. The van der Waals surface area contributed by atoms with Gasteiger partial charge in [0.1, 0.15) is 5.69 Å². The number of nitrogens with zero attached hydrogens (tertiary/aromatic N) is 2. The summed E-state index contributed by atoms with van der Waals surface area (Å²) in [7, 11) is 0.200. The molecule has 1 aromatic heterocycles. The van der Waals surface area contributed by atoms with E-state index in [1.54, 1.807) is 12.1 Å². The predicted octanol–water partition coefficient (Wildman–Crippen LogP) is 5.27. The number of para-hydroxylation sites is 1. The van der Waals surface area contributed by atoms with Crippen LogP contribution >= 0.6 is 11.6 Å². The molecular weight excluding hydrogens is 590 g/mol. The lowest BCUT2D eigenvalue weighted by atomic mass is 10.1. The van der Waals surface area contributed by atoms with Crippen LogP contribution in [0.1, 0.15) is 19.8 Å². The molecule has 0 aliphatic carbocycles. The van der Waals surface area contributed by atoms with Crippen molar-refractivity contribution in [2.24, 2.45) is 0 Å². The normalized spacial score (nSPS) is 11.6. The number of aromatic nitrogens is 1. The van der Waals surface area contributed by atoms with Crippen LogP contribution in [0.25, 0.3) is 21.7 Å². The molecule has 4 aromatic rings. The van der Waals surface area contributed by atoms with Crippen molar-refractivity contribution < 1.29 is 22.7 Å². The van der Waals surface area contributed by atoms with E-state index in [1.165, 1.54) is 6.92 Å². The molecule has 230 valence electrons. The number of pyridine rings is 1. The monoisotopic (exact) mass is 627 g/mol. The summed E-state index contributed by atoms with van der Waals surface area (Å²) in [4.78, 5) is 18.3. The number of fused-ring (bicyclic) bond motifs is 2. The first kappa shape index (κ1) is 32.4. The largest absolute Gasteiger partial charge is 0.383 e. The van der Waals surface area contributed by atoms with Crippen LogP contribution in [0.4, 0.5) is 17.1 Å². The maximum absolute atomic E-state index is 13.0. The van der Waals surface area contributed by atoms with Gasteiger partial charge >= 0.3 is 0 Å². The number of carbonyl (C=O) groups excluding carboxylic acids is 1. The number of benzene rings is 3. The fourth-order valence-corrected chi connectivity index (χ4v) is 6.24. The summed E-state index contributed by atoms with van der Waals surface area (Å²) in [6, 6.07) is 18.6. The van der Waals surface area contributed by atoms with E-state index in [9.17, 15) is 13.2 Å². The molecule has 0 spiro atoms. The average Bonchev–Trinajstić information content (AvgIpc) is 2.98. The maximum atomic E-state index is 13.0. The van der Waals surface area contributed by atoms with Crippen molar-refractivity contribution in [3.63, 3.8) is 0 Å². The third-order valence-corrected chi connectivity index (χ3v) is 8.47. The molecule has 0 saturated heterocycles. The fraction of sp³-hybridized carbons (Fsp3) is 0.355. The average molecular weight is 628 g/mol. The van der Waals surface area contributed by atoms with Gasteiger partial charge in [0.15, 0.2) is 5.15 Å². The summed E-state index contributed by atoms with van der Waals surface area (Å²) in [5.41, 5.74) is 2.88. The summed E-state index contributed by atoms with van der Waals surface area (Å²) in [5.74, 6) is -0.230. The van der Waals surface area contributed by atoms with Gasteiger partial charge in [-0.1, -0.05) is 54.1 Å². The van der Waals surface area contributed by atoms with Gasteiger partial charge in [-0.05, 0) is 31.0 Å². The quantitative estimate of drug-likeness (QED) is 0.113. The van der Waals surface area contributed by atoms with E-state index in [-0.39, 0.29) is 22.5 Å². The smallest absolute Gasteiger partial charge is 0.241 e. The van der Waals surface area contributed by atoms with Crippen molar-refractivity contribution in [1.29, 1.82) is 0 Å². The molecule has 0 aliphatic heterocycles. The van der Waals surface area contributed by atoms with E-state index in [4.69, 9.17) is 21.1 Å². The fourth-order valence-electron chi connectivity index (χ4n) is 4.71. The molecule has 3 aromatic carbocycles. The van der Waals surface area contributed by atoms with Gasteiger partial charge in [-0.3, -0.25) is 4.79 Å². The molecule has 0 saturated carbocycles. The first-order valence-electron chi connectivity index (χ1n) is 14.1. The zero-order chi connectivity index (χ0) is 30.8. The van der Waals surface area contributed by atoms with Crippen LogP contribution < -0.4 is 20.3 Å². The van der Waals surface area contributed by atoms with Crippen LogP contribution in [0.5, 0.6) is 0 Å². The Morgan fingerprint density at radius 1 is 0.837 bits per heavy atom. The molecule has 0 aliphatic rings. The summed E-state index contributed by atoms with van der Waals surface area (Å²) in [5, 5.41) is 8.80. The van der Waals surface area contributed by atoms with Crippen LogP contribution in [-0.4, -0.2) is 72.9 Å². The first-order chi connectivity index (χ1) is 20.7. The van der Waals surface area contributed by atoms with Crippen LogP contribution in [0.3, 0.4) is 0 Å². The molecule has 12 heteroatoms. The number of amides is 1. The lowest BCUT2D eigenvalue weighted by Crippen LogP contribution is -2.26.